The Morgan fingerprint density at radius 1 is 1.32 bits per heavy atom. The van der Waals surface area contributed by atoms with Crippen LogP contribution in [0.4, 0.5) is 0 Å². The fraction of sp³-hybridized carbons (Fsp3) is 0.320. The molecule has 13 heteroatoms. The number of halogens is 1. The van der Waals surface area contributed by atoms with E-state index in [2.05, 4.69) is 16.0 Å². The summed E-state index contributed by atoms with van der Waals surface area (Å²) in [6.45, 7) is 0.278. The van der Waals surface area contributed by atoms with Crippen LogP contribution in [0.3, 0.4) is 0 Å². The van der Waals surface area contributed by atoms with Gasteiger partial charge in [-0.2, -0.15) is 5.26 Å². The van der Waals surface area contributed by atoms with E-state index >= 15 is 0 Å². The standard InChI is InChI=1S/C25H25ClN6O4S2/c1-33-22-20(32(29)11-17(28)23-31-19(26)13-37-23)21-18(12-34-24(36-21)15-5-3-2-4-6-15)35-25(22)38-16-7-14(8-27)9-30-10-16/h2-7,9-11,13,18,20-22,24-25H,12,28-29H2,1H3/b17-11-. The normalized spacial score (nSPS) is 27.4. The molecule has 10 nitrogen and oxygen atoms in total. The molecule has 2 fully saturated rings. The van der Waals surface area contributed by atoms with Crippen molar-refractivity contribution in [2.24, 2.45) is 11.6 Å². The molecule has 2 saturated heterocycles. The molecule has 6 atom stereocenters. The molecular weight excluding hydrogens is 548 g/mol. The first-order valence-corrected chi connectivity index (χ1v) is 13.7. The molecule has 5 rings (SSSR count). The summed E-state index contributed by atoms with van der Waals surface area (Å²) >= 11 is 8.69. The molecule has 4 heterocycles. The molecule has 198 valence electrons. The second-order valence-corrected chi connectivity index (χ2v) is 11.0. The van der Waals surface area contributed by atoms with E-state index in [9.17, 15) is 5.26 Å². The molecule has 0 spiro atoms. The molecule has 0 radical (unpaired) electrons. The highest BCUT2D eigenvalue weighted by Crippen LogP contribution is 2.41. The monoisotopic (exact) mass is 572 g/mol. The first kappa shape index (κ1) is 26.9. The summed E-state index contributed by atoms with van der Waals surface area (Å²) in [4.78, 5) is 9.15. The van der Waals surface area contributed by atoms with Gasteiger partial charge in [0.1, 0.15) is 46.0 Å². The highest BCUT2D eigenvalue weighted by Gasteiger charge is 2.52. The molecule has 1 aromatic carbocycles. The van der Waals surface area contributed by atoms with Crippen molar-refractivity contribution >= 4 is 40.4 Å². The van der Waals surface area contributed by atoms with E-state index in [1.165, 1.54) is 34.3 Å². The van der Waals surface area contributed by atoms with Crippen LogP contribution in [0.15, 0.2) is 65.3 Å². The maximum Gasteiger partial charge on any atom is 0.184 e. The van der Waals surface area contributed by atoms with Gasteiger partial charge in [-0.1, -0.05) is 53.7 Å². The molecule has 6 unspecified atom stereocenters. The van der Waals surface area contributed by atoms with Crippen molar-refractivity contribution in [2.75, 3.05) is 13.7 Å². The molecule has 0 bridgehead atoms. The molecule has 38 heavy (non-hydrogen) atoms. The lowest BCUT2D eigenvalue weighted by atomic mass is 9.95. The number of fused-ring (bicyclic) bond motifs is 1. The van der Waals surface area contributed by atoms with Crippen LogP contribution in [0.2, 0.25) is 5.15 Å². The Kier molecular flexibility index (Phi) is 8.47. The highest BCUT2D eigenvalue weighted by atomic mass is 35.5. The van der Waals surface area contributed by atoms with Crippen molar-refractivity contribution < 1.29 is 18.9 Å². The Balaban J connectivity index is 1.47. The predicted octanol–water partition coefficient (Wildman–Crippen LogP) is 3.51. The topological polar surface area (TPSA) is 142 Å². The molecule has 3 aromatic rings. The van der Waals surface area contributed by atoms with Gasteiger partial charge in [-0.3, -0.25) is 4.98 Å². The van der Waals surface area contributed by atoms with Gasteiger partial charge in [0, 0.05) is 41.5 Å². The number of ether oxygens (including phenoxy) is 4. The van der Waals surface area contributed by atoms with E-state index in [0.29, 0.717) is 21.4 Å². The van der Waals surface area contributed by atoms with E-state index in [1.807, 2.05) is 30.3 Å². The van der Waals surface area contributed by atoms with Gasteiger partial charge in [0.2, 0.25) is 0 Å². The summed E-state index contributed by atoms with van der Waals surface area (Å²) in [7, 11) is 1.59. The smallest absolute Gasteiger partial charge is 0.184 e. The minimum Gasteiger partial charge on any atom is -0.395 e. The molecular formula is C25H25ClN6O4S2. The fourth-order valence-electron chi connectivity index (χ4n) is 4.40. The van der Waals surface area contributed by atoms with Gasteiger partial charge in [-0.25, -0.2) is 10.8 Å². The number of nitrogens with zero attached hydrogens (tertiary/aromatic N) is 4. The van der Waals surface area contributed by atoms with Crippen LogP contribution in [0.25, 0.3) is 5.70 Å². The van der Waals surface area contributed by atoms with Crippen LogP contribution < -0.4 is 11.6 Å². The quantitative estimate of drug-likeness (QED) is 0.317. The molecule has 0 aliphatic carbocycles. The molecule has 2 aromatic heterocycles. The number of hydrogen-bond acceptors (Lipinski definition) is 12. The summed E-state index contributed by atoms with van der Waals surface area (Å²) in [5, 5.41) is 13.4. The average molecular weight is 573 g/mol. The van der Waals surface area contributed by atoms with Crippen LogP contribution >= 0.6 is 34.7 Å². The Morgan fingerprint density at radius 3 is 2.84 bits per heavy atom. The van der Waals surface area contributed by atoms with Gasteiger partial charge in [-0.15, -0.1) is 11.3 Å². The summed E-state index contributed by atoms with van der Waals surface area (Å²) in [5.74, 6) is 6.65. The van der Waals surface area contributed by atoms with Gasteiger partial charge < -0.3 is 29.7 Å². The molecule has 2 aliphatic heterocycles. The molecule has 0 amide bonds. The van der Waals surface area contributed by atoms with Crippen molar-refractivity contribution in [3.8, 4) is 6.07 Å². The third-order valence-corrected chi connectivity index (χ3v) is 8.42. The van der Waals surface area contributed by atoms with Crippen molar-refractivity contribution in [2.45, 2.75) is 41.0 Å². The number of nitrogens with two attached hydrogens (primary N) is 2. The van der Waals surface area contributed by atoms with Crippen LogP contribution in [-0.2, 0) is 18.9 Å². The van der Waals surface area contributed by atoms with Crippen molar-refractivity contribution in [3.63, 3.8) is 0 Å². The number of hydrazine groups is 1. The Bertz CT molecular complexity index is 1320. The van der Waals surface area contributed by atoms with Gasteiger partial charge in [-0.05, 0) is 6.07 Å². The molecule has 4 N–H and O–H groups in total. The maximum atomic E-state index is 9.29. The van der Waals surface area contributed by atoms with Gasteiger partial charge >= 0.3 is 0 Å². The number of pyridine rings is 1. The number of benzene rings is 1. The second-order valence-electron chi connectivity index (χ2n) is 8.56. The zero-order valence-corrected chi connectivity index (χ0v) is 22.6. The summed E-state index contributed by atoms with van der Waals surface area (Å²) in [5.41, 5.74) is 7.49. The maximum absolute atomic E-state index is 9.29. The van der Waals surface area contributed by atoms with Crippen LogP contribution in [0.1, 0.15) is 22.4 Å². The van der Waals surface area contributed by atoms with E-state index < -0.39 is 36.1 Å². The number of nitriles is 1. The number of hydrogen-bond donors (Lipinski definition) is 2. The number of methoxy groups -OCH3 is 1. The van der Waals surface area contributed by atoms with Crippen LogP contribution in [-0.4, -0.2) is 58.5 Å². The van der Waals surface area contributed by atoms with Crippen molar-refractivity contribution in [1.29, 1.82) is 5.26 Å². The minimum absolute atomic E-state index is 0.278. The number of aromatic nitrogens is 2. The highest BCUT2D eigenvalue weighted by molar-refractivity contribution is 7.99. The lowest BCUT2D eigenvalue weighted by molar-refractivity contribution is -0.309. The Morgan fingerprint density at radius 2 is 2.13 bits per heavy atom. The first-order valence-electron chi connectivity index (χ1n) is 11.6. The van der Waals surface area contributed by atoms with E-state index in [0.717, 1.165) is 10.5 Å². The van der Waals surface area contributed by atoms with Crippen LogP contribution in [0.5, 0.6) is 0 Å². The van der Waals surface area contributed by atoms with Crippen LogP contribution in [0, 0.1) is 11.3 Å². The van der Waals surface area contributed by atoms with Crippen molar-refractivity contribution in [3.05, 3.63) is 81.7 Å². The van der Waals surface area contributed by atoms with Gasteiger partial charge in [0.25, 0.3) is 0 Å². The van der Waals surface area contributed by atoms with Gasteiger partial charge in [0.15, 0.2) is 6.29 Å². The largest absolute Gasteiger partial charge is 0.395 e. The number of thiazole rings is 1. The van der Waals surface area contributed by atoms with E-state index in [-0.39, 0.29) is 6.61 Å². The summed E-state index contributed by atoms with van der Waals surface area (Å²) in [6, 6.07) is 13.0. The van der Waals surface area contributed by atoms with E-state index in [1.54, 1.807) is 31.0 Å². The van der Waals surface area contributed by atoms with E-state index in [4.69, 9.17) is 42.1 Å². The third kappa shape index (κ3) is 5.80. The first-order chi connectivity index (χ1) is 18.5. The zero-order chi connectivity index (χ0) is 26.6. The SMILES string of the molecule is COC1C(Sc2cncc(C#N)c2)OC2COC(c3ccccc3)OC2C1N(N)/C=C(\N)c1nc(Cl)cs1. The number of thioether (sulfide) groups is 1. The Hall–Kier alpha value is -2.73. The minimum atomic E-state index is -0.603. The summed E-state index contributed by atoms with van der Waals surface area (Å²) in [6.07, 6.45) is 2.64. The lowest BCUT2D eigenvalue weighted by Gasteiger charge is -2.51. The Labute approximate surface area is 233 Å². The second kappa shape index (κ2) is 12.0. The number of rotatable bonds is 7. The zero-order valence-electron chi connectivity index (χ0n) is 20.2. The molecule has 2 aliphatic rings. The lowest BCUT2D eigenvalue weighted by Crippen LogP contribution is -2.67. The van der Waals surface area contributed by atoms with Gasteiger partial charge in [0.05, 0.1) is 17.9 Å². The molecule has 0 saturated carbocycles. The third-order valence-electron chi connectivity index (χ3n) is 6.10. The average Bonchev–Trinajstić information content (AvgIpc) is 3.39. The predicted molar refractivity (Wildman–Crippen MR) is 143 cm³/mol. The van der Waals surface area contributed by atoms with Crippen molar-refractivity contribution in [1.82, 2.24) is 15.0 Å². The fourth-order valence-corrected chi connectivity index (χ4v) is 6.46. The summed E-state index contributed by atoms with van der Waals surface area (Å²) < 4.78 is 24.9.